The molecule has 2 N–H and O–H groups in total. The summed E-state index contributed by atoms with van der Waals surface area (Å²) in [6.45, 7) is 4.96. The van der Waals surface area contributed by atoms with Gasteiger partial charge in [-0.15, -0.1) is 0 Å². The summed E-state index contributed by atoms with van der Waals surface area (Å²) in [5.74, 6) is -0.579. The summed E-state index contributed by atoms with van der Waals surface area (Å²) in [7, 11) is -0.0307. The van der Waals surface area contributed by atoms with E-state index in [0.717, 1.165) is 6.07 Å². The van der Waals surface area contributed by atoms with Crippen LogP contribution < -0.4 is 4.72 Å². The van der Waals surface area contributed by atoms with Crippen LogP contribution in [0.2, 0.25) is 0 Å². The SMILES string of the molecule is Cc1cc(S(=O)(=O)NCC(C)(C)N(C)C)cc(CO)c1F. The lowest BCUT2D eigenvalue weighted by molar-refractivity contribution is 0.199. The Hall–Kier alpha value is -1.02. The van der Waals surface area contributed by atoms with Gasteiger partial charge in [-0.1, -0.05) is 0 Å². The Morgan fingerprint density at radius 3 is 2.38 bits per heavy atom. The molecule has 0 aliphatic carbocycles. The highest BCUT2D eigenvalue weighted by Gasteiger charge is 2.25. The van der Waals surface area contributed by atoms with Gasteiger partial charge in [0.05, 0.1) is 11.5 Å². The van der Waals surface area contributed by atoms with Crippen LogP contribution in [0.3, 0.4) is 0 Å². The summed E-state index contributed by atoms with van der Waals surface area (Å²) in [4.78, 5) is 1.87. The summed E-state index contributed by atoms with van der Waals surface area (Å²) < 4.78 is 40.8. The van der Waals surface area contributed by atoms with E-state index in [0.29, 0.717) is 0 Å². The van der Waals surface area contributed by atoms with Crippen molar-refractivity contribution in [2.24, 2.45) is 0 Å². The highest BCUT2D eigenvalue weighted by atomic mass is 32.2. The fraction of sp³-hybridized carbons (Fsp3) is 0.571. The van der Waals surface area contributed by atoms with Crippen molar-refractivity contribution >= 4 is 10.0 Å². The topological polar surface area (TPSA) is 69.6 Å². The molecule has 7 heteroatoms. The number of hydrogen-bond donors (Lipinski definition) is 2. The predicted octanol–water partition coefficient (Wildman–Crippen LogP) is 1.24. The highest BCUT2D eigenvalue weighted by molar-refractivity contribution is 7.89. The van der Waals surface area contributed by atoms with Gasteiger partial charge in [-0.2, -0.15) is 0 Å². The minimum atomic E-state index is -3.75. The Kier molecular flexibility index (Phi) is 5.49. The number of sulfonamides is 1. The van der Waals surface area contributed by atoms with Gasteiger partial charge < -0.3 is 10.0 Å². The number of rotatable bonds is 6. The van der Waals surface area contributed by atoms with Gasteiger partial charge in [-0.05, 0) is 52.6 Å². The number of hydrogen-bond acceptors (Lipinski definition) is 4. The first-order valence-electron chi connectivity index (χ1n) is 6.58. The van der Waals surface area contributed by atoms with Gasteiger partial charge in [0.2, 0.25) is 10.0 Å². The lowest BCUT2D eigenvalue weighted by atomic mass is 10.1. The minimum Gasteiger partial charge on any atom is -0.392 e. The fourth-order valence-corrected chi connectivity index (χ4v) is 2.93. The molecule has 120 valence electrons. The van der Waals surface area contributed by atoms with E-state index >= 15 is 0 Å². The van der Waals surface area contributed by atoms with Crippen molar-refractivity contribution in [3.05, 3.63) is 29.1 Å². The van der Waals surface area contributed by atoms with Crippen LogP contribution in [0.15, 0.2) is 17.0 Å². The fourth-order valence-electron chi connectivity index (χ4n) is 1.59. The number of halogens is 1. The molecule has 0 saturated heterocycles. The van der Waals surface area contributed by atoms with E-state index in [1.807, 2.05) is 32.8 Å². The molecule has 0 aliphatic heterocycles. The first-order chi connectivity index (χ1) is 9.51. The number of nitrogens with one attached hydrogen (secondary N) is 1. The maximum atomic E-state index is 13.7. The third-order valence-corrected chi connectivity index (χ3v) is 5.07. The maximum absolute atomic E-state index is 13.7. The second-order valence-electron chi connectivity index (χ2n) is 5.90. The molecule has 0 amide bonds. The van der Waals surface area contributed by atoms with Crippen molar-refractivity contribution in [2.75, 3.05) is 20.6 Å². The van der Waals surface area contributed by atoms with Crippen LogP contribution in [-0.2, 0) is 16.6 Å². The van der Waals surface area contributed by atoms with Crippen LogP contribution in [0.4, 0.5) is 4.39 Å². The summed E-state index contributed by atoms with van der Waals surface area (Å²) in [6, 6.07) is 2.42. The molecule has 1 aromatic carbocycles. The molecule has 0 aliphatic rings. The number of benzene rings is 1. The third kappa shape index (κ3) is 4.23. The van der Waals surface area contributed by atoms with Gasteiger partial charge in [-0.25, -0.2) is 17.5 Å². The highest BCUT2D eigenvalue weighted by Crippen LogP contribution is 2.20. The van der Waals surface area contributed by atoms with Gasteiger partial charge in [-0.3, -0.25) is 0 Å². The normalized spacial score (nSPS) is 13.0. The van der Waals surface area contributed by atoms with Crippen molar-refractivity contribution < 1.29 is 17.9 Å². The zero-order valence-electron chi connectivity index (χ0n) is 13.1. The molecule has 1 aromatic rings. The van der Waals surface area contributed by atoms with E-state index in [1.54, 1.807) is 0 Å². The molecule has 1 rings (SSSR count). The van der Waals surface area contributed by atoms with Crippen LogP contribution in [0.1, 0.15) is 25.0 Å². The quantitative estimate of drug-likeness (QED) is 0.828. The molecule has 21 heavy (non-hydrogen) atoms. The zero-order chi connectivity index (χ0) is 16.4. The van der Waals surface area contributed by atoms with E-state index in [9.17, 15) is 12.8 Å². The Balaban J connectivity index is 3.07. The first-order valence-corrected chi connectivity index (χ1v) is 8.06. The lowest BCUT2D eigenvalue weighted by Crippen LogP contribution is -2.48. The largest absolute Gasteiger partial charge is 0.392 e. The van der Waals surface area contributed by atoms with E-state index < -0.39 is 22.4 Å². The second kappa shape index (κ2) is 6.39. The molecule has 0 atom stereocenters. The molecule has 0 radical (unpaired) electrons. The standard InChI is InChI=1S/C14H23FN2O3S/c1-10-6-12(7-11(8-18)13(10)15)21(19,20)16-9-14(2,3)17(4)5/h6-7,16,18H,8-9H2,1-5H3. The van der Waals surface area contributed by atoms with Crippen LogP contribution >= 0.6 is 0 Å². The van der Waals surface area contributed by atoms with Crippen molar-refractivity contribution in [1.82, 2.24) is 9.62 Å². The molecule has 0 saturated carbocycles. The Morgan fingerprint density at radius 2 is 1.90 bits per heavy atom. The molecule has 5 nitrogen and oxygen atoms in total. The van der Waals surface area contributed by atoms with Crippen LogP contribution in [0, 0.1) is 12.7 Å². The van der Waals surface area contributed by atoms with Crippen molar-refractivity contribution in [3.8, 4) is 0 Å². The van der Waals surface area contributed by atoms with Crippen LogP contribution in [0.5, 0.6) is 0 Å². The monoisotopic (exact) mass is 318 g/mol. The summed E-state index contributed by atoms with van der Waals surface area (Å²) >= 11 is 0. The van der Waals surface area contributed by atoms with E-state index in [2.05, 4.69) is 4.72 Å². The Labute approximate surface area is 125 Å². The minimum absolute atomic E-state index is 0.0257. The molecule has 0 bridgehead atoms. The smallest absolute Gasteiger partial charge is 0.240 e. The average Bonchev–Trinajstić information content (AvgIpc) is 2.39. The number of aryl methyl sites for hydroxylation is 1. The van der Waals surface area contributed by atoms with Crippen molar-refractivity contribution in [3.63, 3.8) is 0 Å². The van der Waals surface area contributed by atoms with Gasteiger partial charge in [0, 0.05) is 17.6 Å². The van der Waals surface area contributed by atoms with E-state index in [1.165, 1.54) is 13.0 Å². The molecule has 0 heterocycles. The van der Waals surface area contributed by atoms with E-state index in [-0.39, 0.29) is 28.1 Å². The average molecular weight is 318 g/mol. The Morgan fingerprint density at radius 1 is 1.33 bits per heavy atom. The third-order valence-electron chi connectivity index (χ3n) is 3.69. The molecular weight excluding hydrogens is 295 g/mol. The Bertz CT molecular complexity index is 613. The zero-order valence-corrected chi connectivity index (χ0v) is 13.9. The summed E-state index contributed by atoms with van der Waals surface area (Å²) in [5.41, 5.74) is -0.196. The molecule has 0 spiro atoms. The number of aliphatic hydroxyl groups excluding tert-OH is 1. The molecular formula is C14H23FN2O3S. The summed E-state index contributed by atoms with van der Waals surface area (Å²) in [5, 5.41) is 9.10. The number of aliphatic hydroxyl groups is 1. The number of nitrogens with zero attached hydrogens (tertiary/aromatic N) is 1. The maximum Gasteiger partial charge on any atom is 0.240 e. The summed E-state index contributed by atoms with van der Waals surface area (Å²) in [6.07, 6.45) is 0. The second-order valence-corrected chi connectivity index (χ2v) is 7.67. The lowest BCUT2D eigenvalue weighted by Gasteiger charge is -2.32. The van der Waals surface area contributed by atoms with Crippen LogP contribution in [0.25, 0.3) is 0 Å². The van der Waals surface area contributed by atoms with Crippen molar-refractivity contribution in [1.29, 1.82) is 0 Å². The van der Waals surface area contributed by atoms with E-state index in [4.69, 9.17) is 5.11 Å². The molecule has 0 unspecified atom stereocenters. The predicted molar refractivity (Wildman–Crippen MR) is 80.0 cm³/mol. The molecule has 0 fully saturated rings. The van der Waals surface area contributed by atoms with Crippen LogP contribution in [-0.4, -0.2) is 44.6 Å². The first kappa shape index (κ1) is 18.0. The van der Waals surface area contributed by atoms with Gasteiger partial charge in [0.15, 0.2) is 0 Å². The van der Waals surface area contributed by atoms with Gasteiger partial charge in [0.25, 0.3) is 0 Å². The van der Waals surface area contributed by atoms with Gasteiger partial charge >= 0.3 is 0 Å². The van der Waals surface area contributed by atoms with Crippen molar-refractivity contribution in [2.45, 2.75) is 37.8 Å². The van der Waals surface area contributed by atoms with Gasteiger partial charge in [0.1, 0.15) is 5.82 Å². The molecule has 0 aromatic heterocycles. The number of likely N-dealkylation sites (N-methyl/N-ethyl adjacent to an activating group) is 1.